The molecule has 0 saturated carbocycles. The van der Waals surface area contributed by atoms with Crippen LogP contribution in [0.2, 0.25) is 0 Å². The van der Waals surface area contributed by atoms with Gasteiger partial charge in [-0.25, -0.2) is 0 Å². The monoisotopic (exact) mass is 378 g/mol. The van der Waals surface area contributed by atoms with Crippen molar-refractivity contribution in [2.45, 2.75) is 84.8 Å². The van der Waals surface area contributed by atoms with Gasteiger partial charge in [-0.15, -0.1) is 0 Å². The molecule has 0 aliphatic heterocycles. The van der Waals surface area contributed by atoms with Crippen molar-refractivity contribution in [1.82, 2.24) is 0 Å². The molecule has 0 amide bonds. The SMILES string of the molecule is CC(C)OC(=O)C(C)(C)CC(C)C(=O)OC(C)(C)C(C)(C)Br. The molecule has 4 nitrogen and oxygen atoms in total. The molecule has 1 unspecified atom stereocenters. The highest BCUT2D eigenvalue weighted by molar-refractivity contribution is 9.10. The minimum Gasteiger partial charge on any atom is -0.463 e. The summed E-state index contributed by atoms with van der Waals surface area (Å²) in [4.78, 5) is 24.4. The zero-order valence-electron chi connectivity index (χ0n) is 15.4. The van der Waals surface area contributed by atoms with Crippen LogP contribution in [0.4, 0.5) is 0 Å². The summed E-state index contributed by atoms with van der Waals surface area (Å²) in [5, 5.41) is 0. The van der Waals surface area contributed by atoms with Gasteiger partial charge in [-0.05, 0) is 61.8 Å². The van der Waals surface area contributed by atoms with Crippen molar-refractivity contribution in [2.24, 2.45) is 11.3 Å². The molecule has 22 heavy (non-hydrogen) atoms. The normalized spacial score (nSPS) is 14.7. The van der Waals surface area contributed by atoms with Crippen molar-refractivity contribution in [2.75, 3.05) is 0 Å². The molecule has 0 aliphatic carbocycles. The quantitative estimate of drug-likeness (QED) is 0.483. The molecule has 0 saturated heterocycles. The first-order chi connectivity index (χ1) is 9.60. The summed E-state index contributed by atoms with van der Waals surface area (Å²) in [5.74, 6) is -0.978. The standard InChI is InChI=1S/C17H31BrO4/c1-11(2)21-14(20)15(4,5)10-12(3)13(19)22-17(8,9)16(6,7)18/h11-12H,10H2,1-9H3. The zero-order valence-corrected chi connectivity index (χ0v) is 17.0. The molecule has 0 aromatic rings. The highest BCUT2D eigenvalue weighted by atomic mass is 79.9. The molecule has 0 bridgehead atoms. The van der Waals surface area contributed by atoms with Gasteiger partial charge in [0.2, 0.25) is 0 Å². The van der Waals surface area contributed by atoms with Crippen molar-refractivity contribution in [1.29, 1.82) is 0 Å². The fraction of sp³-hybridized carbons (Fsp3) is 0.882. The predicted molar refractivity (Wildman–Crippen MR) is 92.0 cm³/mol. The number of rotatable bonds is 7. The molecule has 0 heterocycles. The molecular formula is C17H31BrO4. The van der Waals surface area contributed by atoms with Crippen LogP contribution in [0.25, 0.3) is 0 Å². The number of halogens is 1. The van der Waals surface area contributed by atoms with Crippen LogP contribution in [0, 0.1) is 11.3 Å². The second kappa shape index (κ2) is 7.33. The summed E-state index contributed by atoms with van der Waals surface area (Å²) in [6.07, 6.45) is 0.220. The number of esters is 2. The third kappa shape index (κ3) is 6.27. The Bertz CT molecular complexity index is 405. The zero-order chi connectivity index (χ0) is 17.9. The van der Waals surface area contributed by atoms with Crippen LogP contribution in [0.5, 0.6) is 0 Å². The van der Waals surface area contributed by atoms with E-state index in [1.54, 1.807) is 20.8 Å². The second-order valence-electron chi connectivity index (χ2n) is 7.85. The van der Waals surface area contributed by atoms with Gasteiger partial charge in [-0.3, -0.25) is 9.59 Å². The molecule has 5 heteroatoms. The summed E-state index contributed by atoms with van der Waals surface area (Å²) in [6.45, 7) is 16.6. The lowest BCUT2D eigenvalue weighted by Crippen LogP contribution is -2.45. The summed E-state index contributed by atoms with van der Waals surface area (Å²) >= 11 is 3.54. The van der Waals surface area contributed by atoms with Crippen molar-refractivity contribution in [3.8, 4) is 0 Å². The van der Waals surface area contributed by atoms with E-state index in [0.717, 1.165) is 0 Å². The number of alkyl halides is 1. The van der Waals surface area contributed by atoms with E-state index in [2.05, 4.69) is 15.9 Å². The van der Waals surface area contributed by atoms with Crippen LogP contribution >= 0.6 is 15.9 Å². The minimum absolute atomic E-state index is 0.165. The number of hydrogen-bond acceptors (Lipinski definition) is 4. The largest absolute Gasteiger partial charge is 0.463 e. The lowest BCUT2D eigenvalue weighted by atomic mass is 9.83. The Labute approximate surface area is 143 Å². The van der Waals surface area contributed by atoms with Crippen LogP contribution in [-0.2, 0) is 19.1 Å². The van der Waals surface area contributed by atoms with E-state index in [1.165, 1.54) is 0 Å². The first-order valence-corrected chi connectivity index (χ1v) is 8.52. The second-order valence-corrected chi connectivity index (χ2v) is 9.83. The first-order valence-electron chi connectivity index (χ1n) is 7.73. The van der Waals surface area contributed by atoms with E-state index < -0.39 is 11.0 Å². The molecule has 0 aromatic heterocycles. The molecule has 1 atom stereocenters. The van der Waals surface area contributed by atoms with Gasteiger partial charge in [0.1, 0.15) is 5.60 Å². The topological polar surface area (TPSA) is 52.6 Å². The fourth-order valence-corrected chi connectivity index (χ4v) is 1.86. The average Bonchev–Trinajstić information content (AvgIpc) is 2.24. The predicted octanol–water partition coefficient (Wildman–Crippen LogP) is 4.49. The molecule has 0 aromatic carbocycles. The summed E-state index contributed by atoms with van der Waals surface area (Å²) in [7, 11) is 0. The maximum Gasteiger partial charge on any atom is 0.311 e. The summed E-state index contributed by atoms with van der Waals surface area (Å²) in [5.41, 5.74) is -1.38. The first kappa shape index (κ1) is 21.4. The Balaban J connectivity index is 4.82. The van der Waals surface area contributed by atoms with Crippen molar-refractivity contribution < 1.29 is 19.1 Å². The van der Waals surface area contributed by atoms with Gasteiger partial charge in [-0.1, -0.05) is 22.9 Å². The van der Waals surface area contributed by atoms with Crippen LogP contribution in [0.15, 0.2) is 0 Å². The van der Waals surface area contributed by atoms with Gasteiger partial charge in [0.25, 0.3) is 0 Å². The van der Waals surface area contributed by atoms with E-state index in [9.17, 15) is 9.59 Å². The molecular weight excluding hydrogens is 348 g/mol. The Morgan fingerprint density at radius 1 is 1.00 bits per heavy atom. The minimum atomic E-state index is -0.725. The maximum atomic E-state index is 12.3. The van der Waals surface area contributed by atoms with Crippen molar-refractivity contribution >= 4 is 27.9 Å². The van der Waals surface area contributed by atoms with E-state index in [-0.39, 0.29) is 28.3 Å². The van der Waals surface area contributed by atoms with E-state index >= 15 is 0 Å². The van der Waals surface area contributed by atoms with E-state index in [0.29, 0.717) is 6.42 Å². The molecule has 0 N–H and O–H groups in total. The summed E-state index contributed by atoms with van der Waals surface area (Å²) in [6, 6.07) is 0. The third-order valence-corrected chi connectivity index (χ3v) is 4.86. The Kier molecular flexibility index (Phi) is 7.13. The molecule has 0 rings (SSSR count). The van der Waals surface area contributed by atoms with Crippen LogP contribution < -0.4 is 0 Å². The Morgan fingerprint density at radius 3 is 1.82 bits per heavy atom. The molecule has 0 aliphatic rings. The Morgan fingerprint density at radius 2 is 1.45 bits per heavy atom. The number of carbonyl (C=O) groups excluding carboxylic acids is 2. The molecule has 130 valence electrons. The van der Waals surface area contributed by atoms with Gasteiger partial charge in [0.15, 0.2) is 0 Å². The van der Waals surface area contributed by atoms with E-state index in [1.807, 2.05) is 41.5 Å². The van der Waals surface area contributed by atoms with Gasteiger partial charge < -0.3 is 9.47 Å². The fourth-order valence-electron chi connectivity index (χ4n) is 1.78. The third-order valence-electron chi connectivity index (χ3n) is 3.90. The summed E-state index contributed by atoms with van der Waals surface area (Å²) < 4.78 is 10.5. The number of hydrogen-bond donors (Lipinski definition) is 0. The Hall–Kier alpha value is -0.580. The van der Waals surface area contributed by atoms with Crippen molar-refractivity contribution in [3.05, 3.63) is 0 Å². The molecule has 0 radical (unpaired) electrons. The molecule has 0 fully saturated rings. The van der Waals surface area contributed by atoms with Crippen LogP contribution in [-0.4, -0.2) is 28.0 Å². The smallest absolute Gasteiger partial charge is 0.311 e. The highest BCUT2D eigenvalue weighted by Crippen LogP contribution is 2.35. The van der Waals surface area contributed by atoms with Crippen LogP contribution in [0.1, 0.15) is 68.7 Å². The molecule has 0 spiro atoms. The van der Waals surface area contributed by atoms with Gasteiger partial charge in [0.05, 0.1) is 21.8 Å². The number of ether oxygens (including phenoxy) is 2. The van der Waals surface area contributed by atoms with Crippen molar-refractivity contribution in [3.63, 3.8) is 0 Å². The average molecular weight is 379 g/mol. The lowest BCUT2D eigenvalue weighted by molar-refractivity contribution is -0.167. The van der Waals surface area contributed by atoms with E-state index in [4.69, 9.17) is 9.47 Å². The van der Waals surface area contributed by atoms with Gasteiger partial charge in [0, 0.05) is 0 Å². The van der Waals surface area contributed by atoms with Gasteiger partial charge in [-0.2, -0.15) is 0 Å². The maximum absolute atomic E-state index is 12.3. The lowest BCUT2D eigenvalue weighted by Gasteiger charge is -2.37. The van der Waals surface area contributed by atoms with Crippen LogP contribution in [0.3, 0.4) is 0 Å². The number of carbonyl (C=O) groups is 2. The highest BCUT2D eigenvalue weighted by Gasteiger charge is 2.41. The van der Waals surface area contributed by atoms with Gasteiger partial charge >= 0.3 is 11.9 Å².